The minimum atomic E-state index is -3.63. The minimum absolute atomic E-state index is 0.119. The van der Waals surface area contributed by atoms with E-state index >= 15 is 0 Å². The number of rotatable bonds is 4. The molecule has 156 valence electrons. The van der Waals surface area contributed by atoms with E-state index in [0.717, 1.165) is 0 Å². The normalized spacial score (nSPS) is 15.3. The third kappa shape index (κ3) is 4.04. The van der Waals surface area contributed by atoms with E-state index in [1.165, 1.54) is 40.7 Å². The molecule has 0 radical (unpaired) electrons. The van der Waals surface area contributed by atoms with Crippen LogP contribution in [0.4, 0.5) is 10.1 Å². The molecule has 2 aromatic carbocycles. The molecule has 0 atom stereocenters. The first-order valence-electron chi connectivity index (χ1n) is 9.41. The van der Waals surface area contributed by atoms with Gasteiger partial charge in [0.2, 0.25) is 10.0 Å². The van der Waals surface area contributed by atoms with Crippen molar-refractivity contribution in [3.63, 3.8) is 0 Å². The first-order chi connectivity index (χ1) is 14.3. The maximum atomic E-state index is 13.7. The predicted molar refractivity (Wildman–Crippen MR) is 110 cm³/mol. The lowest BCUT2D eigenvalue weighted by atomic mass is 10.1. The molecule has 1 amide bonds. The van der Waals surface area contributed by atoms with E-state index < -0.39 is 21.7 Å². The highest BCUT2D eigenvalue weighted by Gasteiger charge is 2.26. The Bertz CT molecular complexity index is 1210. The number of fused-ring (bicyclic) bond motifs is 1. The van der Waals surface area contributed by atoms with Crippen molar-refractivity contribution >= 4 is 32.5 Å². The molecular weight excluding hydrogens is 409 g/mol. The topological polar surface area (TPSA) is 88.6 Å². The van der Waals surface area contributed by atoms with E-state index in [2.05, 4.69) is 10.3 Å². The number of morpholine rings is 1. The van der Waals surface area contributed by atoms with E-state index in [9.17, 15) is 17.6 Å². The molecule has 2 heterocycles. The Labute approximate surface area is 173 Å². The van der Waals surface area contributed by atoms with Crippen LogP contribution in [0.3, 0.4) is 0 Å². The van der Waals surface area contributed by atoms with Gasteiger partial charge in [-0.05, 0) is 55.5 Å². The van der Waals surface area contributed by atoms with E-state index in [1.807, 2.05) is 0 Å². The summed E-state index contributed by atoms with van der Waals surface area (Å²) >= 11 is 0. The number of halogens is 1. The number of sulfonamides is 1. The Balaban J connectivity index is 1.58. The molecule has 1 N–H and O–H groups in total. The number of benzene rings is 2. The van der Waals surface area contributed by atoms with Crippen molar-refractivity contribution in [2.75, 3.05) is 31.6 Å². The van der Waals surface area contributed by atoms with Crippen LogP contribution in [0.5, 0.6) is 0 Å². The third-order valence-electron chi connectivity index (χ3n) is 4.87. The van der Waals surface area contributed by atoms with Gasteiger partial charge in [0.05, 0.1) is 29.3 Å². The fourth-order valence-electron chi connectivity index (χ4n) is 3.34. The van der Waals surface area contributed by atoms with Crippen LogP contribution >= 0.6 is 0 Å². The van der Waals surface area contributed by atoms with Gasteiger partial charge in [-0.2, -0.15) is 4.31 Å². The molecule has 0 bridgehead atoms. The Morgan fingerprint density at radius 2 is 1.80 bits per heavy atom. The standard InChI is InChI=1S/C21H20FN3O4S/c1-14-12-20(18-13-16(22)4-7-19(18)23-14)24-21(26)15-2-5-17(6-3-15)30(27,28)25-8-10-29-11-9-25/h2-7,12-13H,8-11H2,1H3,(H,23,24,26). The summed E-state index contributed by atoms with van der Waals surface area (Å²) in [5, 5.41) is 3.26. The highest BCUT2D eigenvalue weighted by atomic mass is 32.2. The summed E-state index contributed by atoms with van der Waals surface area (Å²) in [6.07, 6.45) is 0. The molecular formula is C21H20FN3O4S. The second-order valence-electron chi connectivity index (χ2n) is 6.97. The number of pyridine rings is 1. The van der Waals surface area contributed by atoms with Crippen LogP contribution < -0.4 is 5.32 Å². The lowest BCUT2D eigenvalue weighted by Gasteiger charge is -2.26. The zero-order valence-corrected chi connectivity index (χ0v) is 17.1. The van der Waals surface area contributed by atoms with Gasteiger partial charge in [-0.25, -0.2) is 12.8 Å². The number of carbonyl (C=O) groups is 1. The quantitative estimate of drug-likeness (QED) is 0.689. The average Bonchev–Trinajstić information content (AvgIpc) is 2.75. The molecule has 1 saturated heterocycles. The van der Waals surface area contributed by atoms with Crippen molar-refractivity contribution in [3.05, 3.63) is 65.6 Å². The number of hydrogen-bond donors (Lipinski definition) is 1. The van der Waals surface area contributed by atoms with Crippen molar-refractivity contribution in [3.8, 4) is 0 Å². The van der Waals surface area contributed by atoms with Crippen LogP contribution in [0.15, 0.2) is 53.4 Å². The van der Waals surface area contributed by atoms with Gasteiger partial charge in [0, 0.05) is 29.7 Å². The first kappa shape index (κ1) is 20.4. The van der Waals surface area contributed by atoms with Gasteiger partial charge in [0.1, 0.15) is 5.82 Å². The summed E-state index contributed by atoms with van der Waals surface area (Å²) in [5.41, 5.74) is 1.97. The highest BCUT2D eigenvalue weighted by Crippen LogP contribution is 2.25. The summed E-state index contributed by atoms with van der Waals surface area (Å²) in [6.45, 7) is 3.11. The maximum absolute atomic E-state index is 13.7. The van der Waals surface area contributed by atoms with Crippen molar-refractivity contribution < 1.29 is 22.3 Å². The van der Waals surface area contributed by atoms with Gasteiger partial charge in [-0.15, -0.1) is 0 Å². The summed E-state index contributed by atoms with van der Waals surface area (Å²) in [6, 6.07) is 11.6. The Morgan fingerprint density at radius 1 is 1.10 bits per heavy atom. The van der Waals surface area contributed by atoms with E-state index in [0.29, 0.717) is 48.6 Å². The van der Waals surface area contributed by atoms with Crippen LogP contribution in [-0.2, 0) is 14.8 Å². The van der Waals surface area contributed by atoms with E-state index in [-0.39, 0.29) is 10.5 Å². The number of aryl methyl sites for hydroxylation is 1. The number of carbonyl (C=O) groups excluding carboxylic acids is 1. The average molecular weight is 429 g/mol. The molecule has 30 heavy (non-hydrogen) atoms. The number of anilines is 1. The van der Waals surface area contributed by atoms with Crippen LogP contribution in [0.25, 0.3) is 10.9 Å². The summed E-state index contributed by atoms with van der Waals surface area (Å²) < 4.78 is 45.6. The predicted octanol–water partition coefficient (Wildman–Crippen LogP) is 2.96. The van der Waals surface area contributed by atoms with Gasteiger partial charge in [0.25, 0.3) is 5.91 Å². The SMILES string of the molecule is Cc1cc(NC(=O)c2ccc(S(=O)(=O)N3CCOCC3)cc2)c2cc(F)ccc2n1. The number of hydrogen-bond acceptors (Lipinski definition) is 5. The van der Waals surface area contributed by atoms with Crippen molar-refractivity contribution in [2.24, 2.45) is 0 Å². The Kier molecular flexibility index (Phi) is 5.50. The van der Waals surface area contributed by atoms with Crippen LogP contribution in [0.2, 0.25) is 0 Å². The van der Waals surface area contributed by atoms with Gasteiger partial charge >= 0.3 is 0 Å². The van der Waals surface area contributed by atoms with Crippen molar-refractivity contribution in [1.29, 1.82) is 0 Å². The van der Waals surface area contributed by atoms with Crippen LogP contribution in [0, 0.1) is 12.7 Å². The number of aromatic nitrogens is 1. The van der Waals surface area contributed by atoms with E-state index in [1.54, 1.807) is 19.1 Å². The summed E-state index contributed by atoms with van der Waals surface area (Å²) in [5.74, 6) is -0.859. The zero-order valence-electron chi connectivity index (χ0n) is 16.3. The molecule has 0 aliphatic carbocycles. The van der Waals surface area contributed by atoms with Crippen molar-refractivity contribution in [2.45, 2.75) is 11.8 Å². The molecule has 0 spiro atoms. The lowest BCUT2D eigenvalue weighted by Crippen LogP contribution is -2.40. The van der Waals surface area contributed by atoms with Gasteiger partial charge in [0.15, 0.2) is 0 Å². The molecule has 1 aliphatic heterocycles. The van der Waals surface area contributed by atoms with Crippen LogP contribution in [-0.4, -0.2) is 49.9 Å². The highest BCUT2D eigenvalue weighted by molar-refractivity contribution is 7.89. The van der Waals surface area contributed by atoms with Gasteiger partial charge < -0.3 is 10.1 Å². The molecule has 4 rings (SSSR count). The summed E-state index contributed by atoms with van der Waals surface area (Å²) in [4.78, 5) is 17.2. The van der Waals surface area contributed by atoms with Crippen molar-refractivity contribution in [1.82, 2.24) is 9.29 Å². The number of amides is 1. The smallest absolute Gasteiger partial charge is 0.255 e. The van der Waals surface area contributed by atoms with E-state index in [4.69, 9.17) is 4.74 Å². The Hall–Kier alpha value is -2.88. The molecule has 3 aromatic rings. The second-order valence-corrected chi connectivity index (χ2v) is 8.91. The second kappa shape index (κ2) is 8.10. The molecule has 9 heteroatoms. The van der Waals surface area contributed by atoms with Crippen LogP contribution in [0.1, 0.15) is 16.1 Å². The molecule has 0 unspecified atom stereocenters. The minimum Gasteiger partial charge on any atom is -0.379 e. The number of ether oxygens (including phenoxy) is 1. The van der Waals surface area contributed by atoms with Gasteiger partial charge in [-0.3, -0.25) is 9.78 Å². The third-order valence-corrected chi connectivity index (χ3v) is 6.78. The molecule has 1 aromatic heterocycles. The largest absolute Gasteiger partial charge is 0.379 e. The molecule has 0 saturated carbocycles. The lowest BCUT2D eigenvalue weighted by molar-refractivity contribution is 0.0730. The fourth-order valence-corrected chi connectivity index (χ4v) is 4.75. The molecule has 1 fully saturated rings. The molecule has 1 aliphatic rings. The maximum Gasteiger partial charge on any atom is 0.255 e. The zero-order chi connectivity index (χ0) is 21.3. The summed E-state index contributed by atoms with van der Waals surface area (Å²) in [7, 11) is -3.63. The molecule has 7 nitrogen and oxygen atoms in total. The number of nitrogens with zero attached hydrogens (tertiary/aromatic N) is 2. The van der Waals surface area contributed by atoms with Gasteiger partial charge in [-0.1, -0.05) is 0 Å². The number of nitrogens with one attached hydrogen (secondary N) is 1. The fraction of sp³-hybridized carbons (Fsp3) is 0.238. The Morgan fingerprint density at radius 3 is 2.50 bits per heavy atom. The first-order valence-corrected chi connectivity index (χ1v) is 10.8. The monoisotopic (exact) mass is 429 g/mol.